The third-order valence-corrected chi connectivity index (χ3v) is 7.67. The summed E-state index contributed by atoms with van der Waals surface area (Å²) in [6, 6.07) is 1.99. The molecule has 0 saturated carbocycles. The quantitative estimate of drug-likeness (QED) is 0.429. The smallest absolute Gasteiger partial charge is 0.260 e. The lowest BCUT2D eigenvalue weighted by Crippen LogP contribution is -2.43. The maximum absolute atomic E-state index is 16.4. The number of fused-ring (bicyclic) bond motifs is 1. The molecule has 1 aromatic carbocycles. The molecule has 0 spiro atoms. The number of nitrogens with one attached hydrogen (secondary N) is 1. The Morgan fingerprint density at radius 1 is 1.27 bits per heavy atom. The summed E-state index contributed by atoms with van der Waals surface area (Å²) in [4.78, 5) is 23.1. The van der Waals surface area contributed by atoms with Crippen LogP contribution < -0.4 is 10.7 Å². The molecule has 3 aromatic rings. The SMILES string of the molecule is Cc1c(CN2CCCC(F)(F)C2)n(C(C)C)c2c(F)c(-c3nc(N[C@@H]4CCOC[C@H]4O)ncc3F)ccc2c1=O. The molecule has 4 heterocycles. The van der Waals surface area contributed by atoms with Gasteiger partial charge in [0.1, 0.15) is 5.69 Å². The summed E-state index contributed by atoms with van der Waals surface area (Å²) in [5.74, 6) is -4.53. The van der Waals surface area contributed by atoms with Crippen molar-refractivity contribution >= 4 is 16.9 Å². The summed E-state index contributed by atoms with van der Waals surface area (Å²) in [6.45, 7) is 5.86. The van der Waals surface area contributed by atoms with Gasteiger partial charge in [0.05, 0.1) is 37.0 Å². The van der Waals surface area contributed by atoms with Crippen LogP contribution in [0.2, 0.25) is 0 Å². The Morgan fingerprint density at radius 3 is 2.75 bits per heavy atom. The van der Waals surface area contributed by atoms with Crippen molar-refractivity contribution in [3.8, 4) is 11.3 Å². The van der Waals surface area contributed by atoms with E-state index in [9.17, 15) is 18.7 Å². The van der Waals surface area contributed by atoms with Gasteiger partial charge < -0.3 is 19.7 Å². The van der Waals surface area contributed by atoms with Crippen molar-refractivity contribution < 1.29 is 27.4 Å². The van der Waals surface area contributed by atoms with E-state index in [-0.39, 0.29) is 53.7 Å². The average Bonchev–Trinajstić information content (AvgIpc) is 2.89. The highest BCUT2D eigenvalue weighted by Crippen LogP contribution is 2.33. The predicted octanol–water partition coefficient (Wildman–Crippen LogP) is 4.42. The number of anilines is 1. The molecule has 8 nitrogen and oxygen atoms in total. The fourth-order valence-electron chi connectivity index (χ4n) is 5.66. The number of ether oxygens (including phenoxy) is 1. The second-order valence-corrected chi connectivity index (χ2v) is 10.9. The van der Waals surface area contributed by atoms with E-state index in [0.29, 0.717) is 37.3 Å². The van der Waals surface area contributed by atoms with Crippen molar-refractivity contribution in [2.24, 2.45) is 0 Å². The monoisotopic (exact) mass is 563 g/mol. The Morgan fingerprint density at radius 2 is 2.05 bits per heavy atom. The van der Waals surface area contributed by atoms with Gasteiger partial charge in [-0.1, -0.05) is 0 Å². The van der Waals surface area contributed by atoms with Gasteiger partial charge in [0.2, 0.25) is 5.95 Å². The zero-order valence-electron chi connectivity index (χ0n) is 22.7. The molecule has 0 radical (unpaired) electrons. The molecular weight excluding hydrogens is 530 g/mol. The number of piperidine rings is 1. The van der Waals surface area contributed by atoms with E-state index >= 15 is 8.78 Å². The molecule has 2 aromatic heterocycles. The second kappa shape index (κ2) is 11.1. The van der Waals surface area contributed by atoms with E-state index in [4.69, 9.17) is 4.74 Å². The Bertz CT molecular complexity index is 1480. The number of halogens is 4. The van der Waals surface area contributed by atoms with Crippen LogP contribution in [0.4, 0.5) is 23.5 Å². The van der Waals surface area contributed by atoms with Crippen LogP contribution >= 0.6 is 0 Å². The number of benzene rings is 1. The van der Waals surface area contributed by atoms with Crippen molar-refractivity contribution in [1.82, 2.24) is 19.4 Å². The predicted molar refractivity (Wildman–Crippen MR) is 143 cm³/mol. The van der Waals surface area contributed by atoms with Crippen molar-refractivity contribution in [3.63, 3.8) is 0 Å². The van der Waals surface area contributed by atoms with Gasteiger partial charge in [-0.25, -0.2) is 27.5 Å². The van der Waals surface area contributed by atoms with Gasteiger partial charge in [0.15, 0.2) is 17.1 Å². The molecule has 5 rings (SSSR count). The molecule has 2 aliphatic rings. The molecule has 2 saturated heterocycles. The number of alkyl halides is 2. The molecule has 40 heavy (non-hydrogen) atoms. The normalized spacial score (nSPS) is 21.7. The van der Waals surface area contributed by atoms with E-state index in [0.717, 1.165) is 6.20 Å². The van der Waals surface area contributed by atoms with E-state index in [1.807, 2.05) is 13.8 Å². The number of aromatic nitrogens is 3. The Labute approximate surface area is 229 Å². The number of nitrogens with zero attached hydrogens (tertiary/aromatic N) is 4. The van der Waals surface area contributed by atoms with Gasteiger partial charge in [-0.05, 0) is 52.3 Å². The topological polar surface area (TPSA) is 92.5 Å². The lowest BCUT2D eigenvalue weighted by Gasteiger charge is -2.34. The first-order valence-electron chi connectivity index (χ1n) is 13.5. The largest absolute Gasteiger partial charge is 0.389 e. The number of pyridine rings is 1. The van der Waals surface area contributed by atoms with Crippen LogP contribution in [-0.4, -0.2) is 68.9 Å². The third kappa shape index (κ3) is 5.44. The lowest BCUT2D eigenvalue weighted by atomic mass is 10.0. The Kier molecular flexibility index (Phi) is 7.86. The summed E-state index contributed by atoms with van der Waals surface area (Å²) in [5, 5.41) is 13.3. The zero-order valence-corrected chi connectivity index (χ0v) is 22.7. The van der Waals surface area contributed by atoms with Gasteiger partial charge in [0, 0.05) is 47.8 Å². The van der Waals surface area contributed by atoms with Gasteiger partial charge in [-0.3, -0.25) is 9.69 Å². The Balaban J connectivity index is 1.62. The summed E-state index contributed by atoms with van der Waals surface area (Å²) >= 11 is 0. The molecule has 2 N–H and O–H groups in total. The summed E-state index contributed by atoms with van der Waals surface area (Å²) in [7, 11) is 0. The number of aliphatic hydroxyl groups is 1. The third-order valence-electron chi connectivity index (χ3n) is 7.67. The van der Waals surface area contributed by atoms with Crippen molar-refractivity contribution in [1.29, 1.82) is 0 Å². The van der Waals surface area contributed by atoms with E-state index in [2.05, 4.69) is 15.3 Å². The molecule has 2 atom stereocenters. The van der Waals surface area contributed by atoms with Crippen LogP contribution in [0.5, 0.6) is 0 Å². The number of hydrogen-bond acceptors (Lipinski definition) is 7. The van der Waals surface area contributed by atoms with Crippen molar-refractivity contribution in [2.45, 2.75) is 70.7 Å². The molecule has 0 bridgehead atoms. The fraction of sp³-hybridized carbons (Fsp3) is 0.536. The minimum Gasteiger partial charge on any atom is -0.389 e. The van der Waals surface area contributed by atoms with Gasteiger partial charge >= 0.3 is 0 Å². The summed E-state index contributed by atoms with van der Waals surface area (Å²) in [6.07, 6.45) is 0.715. The molecule has 0 amide bonds. The number of likely N-dealkylation sites (tertiary alicyclic amines) is 1. The van der Waals surface area contributed by atoms with Gasteiger partial charge in [-0.15, -0.1) is 0 Å². The zero-order chi connectivity index (χ0) is 28.8. The summed E-state index contributed by atoms with van der Waals surface area (Å²) in [5.41, 5.74) is -0.114. The first-order valence-corrected chi connectivity index (χ1v) is 13.5. The molecule has 12 heteroatoms. The standard InChI is InChI=1S/C28H33F4N5O3/c1-15(2)37-21(12-36-9-4-8-28(31,32)14-36)16(3)26(39)18-6-5-17(23(30)25(18)37)24-19(29)11-33-27(35-24)34-20-7-10-40-13-22(20)38/h5-6,11,15,20,22,38H,4,7-10,12-14H2,1-3H3,(H,33,34,35)/t20-,22-/m1/s1. The number of aliphatic hydroxyl groups excluding tert-OH is 1. The minimum atomic E-state index is -2.83. The van der Waals surface area contributed by atoms with Crippen molar-refractivity contribution in [2.75, 3.05) is 31.6 Å². The van der Waals surface area contributed by atoms with Gasteiger partial charge in [-0.2, -0.15) is 0 Å². The number of rotatable bonds is 6. The highest BCUT2D eigenvalue weighted by Gasteiger charge is 2.36. The van der Waals surface area contributed by atoms with Crippen LogP contribution in [0.25, 0.3) is 22.2 Å². The van der Waals surface area contributed by atoms with E-state index < -0.39 is 41.7 Å². The Hall–Kier alpha value is -3.09. The second-order valence-electron chi connectivity index (χ2n) is 10.9. The highest BCUT2D eigenvalue weighted by molar-refractivity contribution is 5.86. The maximum Gasteiger partial charge on any atom is 0.260 e. The van der Waals surface area contributed by atoms with Crippen LogP contribution in [0.15, 0.2) is 23.1 Å². The molecule has 2 fully saturated rings. The van der Waals surface area contributed by atoms with Crippen LogP contribution in [0, 0.1) is 18.6 Å². The molecule has 2 aliphatic heterocycles. The van der Waals surface area contributed by atoms with E-state index in [1.165, 1.54) is 12.1 Å². The first-order chi connectivity index (χ1) is 19.0. The average molecular weight is 564 g/mol. The maximum atomic E-state index is 16.4. The molecule has 0 unspecified atom stereocenters. The van der Waals surface area contributed by atoms with Gasteiger partial charge in [0.25, 0.3) is 5.92 Å². The van der Waals surface area contributed by atoms with Crippen LogP contribution in [0.1, 0.15) is 50.4 Å². The first kappa shape index (κ1) is 28.4. The number of hydrogen-bond donors (Lipinski definition) is 2. The minimum absolute atomic E-state index is 0.0127. The van der Waals surface area contributed by atoms with Crippen LogP contribution in [-0.2, 0) is 11.3 Å². The van der Waals surface area contributed by atoms with Crippen LogP contribution in [0.3, 0.4) is 0 Å². The van der Waals surface area contributed by atoms with E-state index in [1.54, 1.807) is 16.4 Å². The van der Waals surface area contributed by atoms with Crippen molar-refractivity contribution in [3.05, 3.63) is 51.4 Å². The lowest BCUT2D eigenvalue weighted by molar-refractivity contribution is -0.0666. The molecular formula is C28H33F4N5O3. The molecule has 216 valence electrons. The fourth-order valence-corrected chi connectivity index (χ4v) is 5.66. The molecule has 0 aliphatic carbocycles. The summed E-state index contributed by atoms with van der Waals surface area (Å²) < 4.78 is 66.6. The highest BCUT2D eigenvalue weighted by atomic mass is 19.3.